The van der Waals surface area contributed by atoms with E-state index in [2.05, 4.69) is 21.2 Å². The van der Waals surface area contributed by atoms with Crippen LogP contribution in [0.1, 0.15) is 40.4 Å². The molecule has 1 aromatic heterocycles. The maximum Gasteiger partial charge on any atom is 0.251 e. The van der Waals surface area contributed by atoms with Gasteiger partial charge in [-0.3, -0.25) is 4.79 Å². The van der Waals surface area contributed by atoms with Crippen molar-refractivity contribution in [2.45, 2.75) is 25.2 Å². The summed E-state index contributed by atoms with van der Waals surface area (Å²) in [6.45, 7) is 3.79. The number of benzene rings is 1. The minimum Gasteiger partial charge on any atom is -0.464 e. The zero-order valence-corrected chi connectivity index (χ0v) is 12.5. The third-order valence-electron chi connectivity index (χ3n) is 2.88. The fourth-order valence-corrected chi connectivity index (χ4v) is 2.18. The van der Waals surface area contributed by atoms with Crippen molar-refractivity contribution in [3.05, 3.63) is 59.0 Å². The summed E-state index contributed by atoms with van der Waals surface area (Å²) in [4.78, 5) is 12.1. The molecular weight excluding hydrogens is 306 g/mol. The summed E-state index contributed by atoms with van der Waals surface area (Å²) in [6, 6.07) is 11.2. The van der Waals surface area contributed by atoms with Gasteiger partial charge in [0.25, 0.3) is 5.91 Å². The van der Waals surface area contributed by atoms with E-state index in [1.165, 1.54) is 0 Å². The summed E-state index contributed by atoms with van der Waals surface area (Å²) in [5, 5.41) is 3.67. The minimum atomic E-state index is -0.145. The van der Waals surface area contributed by atoms with Crippen LogP contribution in [0.4, 0.5) is 0 Å². The van der Waals surface area contributed by atoms with Gasteiger partial charge in [0, 0.05) is 10.9 Å². The van der Waals surface area contributed by atoms with Gasteiger partial charge in [-0.2, -0.15) is 0 Å². The van der Waals surface area contributed by atoms with E-state index in [0.29, 0.717) is 5.56 Å². The zero-order valence-electron chi connectivity index (χ0n) is 10.9. The number of carbonyl (C=O) groups excluding carboxylic acids is 1. The van der Waals surface area contributed by atoms with Gasteiger partial charge in [0.15, 0.2) is 0 Å². The van der Waals surface area contributed by atoms with Crippen LogP contribution in [-0.4, -0.2) is 5.91 Å². The molecule has 0 spiro atoms. The fourth-order valence-electron chi connectivity index (χ4n) is 1.83. The topological polar surface area (TPSA) is 42.2 Å². The normalized spacial score (nSPS) is 12.2. The van der Waals surface area contributed by atoms with Crippen LogP contribution in [0, 0.1) is 6.92 Å². The highest BCUT2D eigenvalue weighted by Gasteiger charge is 2.14. The summed E-state index contributed by atoms with van der Waals surface area (Å²) in [6.07, 6.45) is 0. The van der Waals surface area contributed by atoms with Crippen LogP contribution < -0.4 is 5.32 Å². The molecule has 0 aliphatic carbocycles. The molecule has 1 N–H and O–H groups in total. The van der Waals surface area contributed by atoms with E-state index >= 15 is 0 Å². The number of aryl methyl sites for hydroxylation is 1. The van der Waals surface area contributed by atoms with E-state index in [1.54, 1.807) is 0 Å². The Hall–Kier alpha value is -1.55. The van der Waals surface area contributed by atoms with Gasteiger partial charge in [-0.05, 0) is 43.7 Å². The predicted molar refractivity (Wildman–Crippen MR) is 78.4 cm³/mol. The van der Waals surface area contributed by atoms with Gasteiger partial charge in [0.2, 0.25) is 0 Å². The molecule has 0 saturated heterocycles. The third kappa shape index (κ3) is 3.47. The van der Waals surface area contributed by atoms with Crippen LogP contribution in [0.3, 0.4) is 0 Å². The molecule has 2 rings (SSSR count). The number of amides is 1. The molecule has 19 heavy (non-hydrogen) atoms. The Morgan fingerprint density at radius 1 is 1.37 bits per heavy atom. The average Bonchev–Trinajstić information content (AvgIpc) is 2.85. The van der Waals surface area contributed by atoms with E-state index in [0.717, 1.165) is 22.4 Å². The lowest BCUT2D eigenvalue weighted by atomic mass is 10.1. The Labute approximate surface area is 121 Å². The Kier molecular flexibility index (Phi) is 4.43. The molecule has 0 radical (unpaired) electrons. The van der Waals surface area contributed by atoms with Crippen LogP contribution in [0.5, 0.6) is 0 Å². The van der Waals surface area contributed by atoms with E-state index in [9.17, 15) is 4.79 Å². The molecule has 0 saturated carbocycles. The molecular formula is C15H16BrNO2. The molecule has 4 heteroatoms. The van der Waals surface area contributed by atoms with Crippen molar-refractivity contribution >= 4 is 21.8 Å². The largest absolute Gasteiger partial charge is 0.464 e. The smallest absolute Gasteiger partial charge is 0.251 e. The molecule has 1 amide bonds. The van der Waals surface area contributed by atoms with Crippen molar-refractivity contribution in [2.24, 2.45) is 0 Å². The second-order valence-electron chi connectivity index (χ2n) is 4.48. The van der Waals surface area contributed by atoms with Crippen LogP contribution in [0.15, 0.2) is 40.8 Å². The van der Waals surface area contributed by atoms with Crippen molar-refractivity contribution in [3.63, 3.8) is 0 Å². The zero-order chi connectivity index (χ0) is 13.8. The molecule has 1 aromatic carbocycles. The van der Waals surface area contributed by atoms with E-state index in [1.807, 2.05) is 50.2 Å². The molecule has 100 valence electrons. The van der Waals surface area contributed by atoms with Crippen LogP contribution >= 0.6 is 15.9 Å². The molecule has 0 aliphatic heterocycles. The van der Waals surface area contributed by atoms with Gasteiger partial charge in [0.05, 0.1) is 6.04 Å². The summed E-state index contributed by atoms with van der Waals surface area (Å²) in [5.74, 6) is 1.52. The number of furan rings is 1. The molecule has 0 aliphatic rings. The summed E-state index contributed by atoms with van der Waals surface area (Å²) in [7, 11) is 0. The van der Waals surface area contributed by atoms with Gasteiger partial charge in [-0.25, -0.2) is 0 Å². The van der Waals surface area contributed by atoms with E-state index in [4.69, 9.17) is 4.42 Å². The van der Waals surface area contributed by atoms with Crippen molar-refractivity contribution in [1.29, 1.82) is 0 Å². The van der Waals surface area contributed by atoms with Crippen molar-refractivity contribution < 1.29 is 9.21 Å². The molecule has 1 unspecified atom stereocenters. The highest BCUT2D eigenvalue weighted by atomic mass is 79.9. The van der Waals surface area contributed by atoms with Crippen LogP contribution in [0.2, 0.25) is 0 Å². The number of alkyl halides is 1. The number of carbonyl (C=O) groups is 1. The minimum absolute atomic E-state index is 0.0932. The standard InChI is InChI=1S/C15H16BrNO2/c1-10-6-7-14(19-10)11(2)17-15(18)13-5-3-4-12(8-13)9-16/h3-8,11H,9H2,1-2H3,(H,17,18). The van der Waals surface area contributed by atoms with Crippen LogP contribution in [0.25, 0.3) is 0 Å². The van der Waals surface area contributed by atoms with Crippen molar-refractivity contribution in [1.82, 2.24) is 5.32 Å². The van der Waals surface area contributed by atoms with Gasteiger partial charge >= 0.3 is 0 Å². The van der Waals surface area contributed by atoms with Gasteiger partial charge in [0.1, 0.15) is 11.5 Å². The molecule has 3 nitrogen and oxygen atoms in total. The number of rotatable bonds is 4. The Morgan fingerprint density at radius 3 is 2.79 bits per heavy atom. The Balaban J connectivity index is 2.08. The summed E-state index contributed by atoms with van der Waals surface area (Å²) >= 11 is 3.38. The molecule has 0 bridgehead atoms. The first-order chi connectivity index (χ1) is 9.10. The lowest BCUT2D eigenvalue weighted by Gasteiger charge is -2.12. The van der Waals surface area contributed by atoms with E-state index in [-0.39, 0.29) is 11.9 Å². The number of nitrogens with one attached hydrogen (secondary N) is 1. The monoisotopic (exact) mass is 321 g/mol. The second kappa shape index (κ2) is 6.06. The maximum atomic E-state index is 12.1. The first kappa shape index (κ1) is 13.9. The van der Waals surface area contributed by atoms with E-state index < -0.39 is 0 Å². The Morgan fingerprint density at radius 2 is 2.16 bits per heavy atom. The van der Waals surface area contributed by atoms with Crippen LogP contribution in [-0.2, 0) is 5.33 Å². The molecule has 1 atom stereocenters. The summed E-state index contributed by atoms with van der Waals surface area (Å²) < 4.78 is 5.50. The molecule has 2 aromatic rings. The lowest BCUT2D eigenvalue weighted by Crippen LogP contribution is -2.26. The SMILES string of the molecule is Cc1ccc(C(C)NC(=O)c2cccc(CBr)c2)o1. The maximum absolute atomic E-state index is 12.1. The first-order valence-corrected chi connectivity index (χ1v) is 7.24. The quantitative estimate of drug-likeness (QED) is 0.865. The van der Waals surface area contributed by atoms with Gasteiger partial charge < -0.3 is 9.73 Å². The van der Waals surface area contributed by atoms with Gasteiger partial charge in [-0.15, -0.1) is 0 Å². The van der Waals surface area contributed by atoms with Crippen molar-refractivity contribution in [2.75, 3.05) is 0 Å². The first-order valence-electron chi connectivity index (χ1n) is 6.12. The molecule has 0 fully saturated rings. The number of halogens is 1. The molecule has 1 heterocycles. The summed E-state index contributed by atoms with van der Waals surface area (Å²) in [5.41, 5.74) is 1.74. The predicted octanol–water partition coefficient (Wildman–Crippen LogP) is 3.97. The lowest BCUT2D eigenvalue weighted by molar-refractivity contribution is 0.0935. The average molecular weight is 322 g/mol. The van der Waals surface area contributed by atoms with Gasteiger partial charge in [-0.1, -0.05) is 28.1 Å². The van der Waals surface area contributed by atoms with Crippen molar-refractivity contribution in [3.8, 4) is 0 Å². The fraction of sp³-hybridized carbons (Fsp3) is 0.267. The Bertz CT molecular complexity index is 577. The number of hydrogen-bond acceptors (Lipinski definition) is 2. The highest BCUT2D eigenvalue weighted by molar-refractivity contribution is 9.08. The third-order valence-corrected chi connectivity index (χ3v) is 3.53. The highest BCUT2D eigenvalue weighted by Crippen LogP contribution is 2.16. The number of hydrogen-bond donors (Lipinski definition) is 1. The second-order valence-corrected chi connectivity index (χ2v) is 5.04.